The van der Waals surface area contributed by atoms with Crippen molar-refractivity contribution in [3.63, 3.8) is 0 Å². The van der Waals surface area contributed by atoms with Crippen LogP contribution in [0.2, 0.25) is 0 Å². The van der Waals surface area contributed by atoms with Gasteiger partial charge in [0.15, 0.2) is 0 Å². The predicted molar refractivity (Wildman–Crippen MR) is 266 cm³/mol. The molecule has 2 aromatic heterocycles. The summed E-state index contributed by atoms with van der Waals surface area (Å²) in [6.45, 7) is 0. The molecule has 0 aliphatic heterocycles. The maximum Gasteiger partial charge on any atom is 0.0540 e. The molecule has 0 saturated carbocycles. The quantitative estimate of drug-likeness (QED) is 0.155. The van der Waals surface area contributed by atoms with E-state index in [0.717, 1.165) is 17.1 Å². The average Bonchev–Trinajstić information content (AvgIpc) is 3.90. The lowest BCUT2D eigenvalue weighted by Crippen LogP contribution is -2.12. The molecule has 3 heteroatoms. The minimum absolute atomic E-state index is 1.09. The van der Waals surface area contributed by atoms with Gasteiger partial charge in [0.2, 0.25) is 0 Å². The third-order valence-electron chi connectivity index (χ3n) is 12.1. The first-order chi connectivity index (χ1) is 30.2. The van der Waals surface area contributed by atoms with Crippen LogP contribution >= 0.6 is 22.7 Å². The van der Waals surface area contributed by atoms with Crippen LogP contribution in [0.25, 0.3) is 95.6 Å². The Kier molecular flexibility index (Phi) is 8.62. The highest BCUT2D eigenvalue weighted by Crippen LogP contribution is 2.48. The normalized spacial score (nSPS) is 11.6. The van der Waals surface area contributed by atoms with Crippen molar-refractivity contribution in [2.45, 2.75) is 0 Å². The first-order valence-corrected chi connectivity index (χ1v) is 22.4. The Hall–Kier alpha value is -7.30. The van der Waals surface area contributed by atoms with Crippen molar-refractivity contribution in [3.05, 3.63) is 224 Å². The van der Waals surface area contributed by atoms with Gasteiger partial charge in [0.05, 0.1) is 11.4 Å². The van der Waals surface area contributed by atoms with Crippen molar-refractivity contribution in [1.82, 2.24) is 0 Å². The van der Waals surface area contributed by atoms with Gasteiger partial charge < -0.3 is 4.90 Å². The van der Waals surface area contributed by atoms with Gasteiger partial charge in [-0.05, 0) is 98.8 Å². The molecular weight excluding hydrogens is 775 g/mol. The summed E-state index contributed by atoms with van der Waals surface area (Å²) >= 11 is 3.73. The van der Waals surface area contributed by atoms with E-state index in [1.54, 1.807) is 0 Å². The number of rotatable bonds is 7. The van der Waals surface area contributed by atoms with Crippen molar-refractivity contribution in [2.75, 3.05) is 4.90 Å². The molecule has 2 heterocycles. The molecule has 0 atom stereocenters. The van der Waals surface area contributed by atoms with Crippen LogP contribution in [0.15, 0.2) is 224 Å². The fraction of sp³-hybridized carbons (Fsp3) is 0. The number of thiophene rings is 2. The molecule has 0 fully saturated rings. The van der Waals surface area contributed by atoms with Crippen molar-refractivity contribution in [2.24, 2.45) is 0 Å². The average molecular weight is 812 g/mol. The van der Waals surface area contributed by atoms with Crippen LogP contribution in [0.4, 0.5) is 17.1 Å². The number of para-hydroxylation sites is 2. The largest absolute Gasteiger partial charge is 0.309 e. The maximum atomic E-state index is 2.47. The molecule has 1 nitrogen and oxygen atoms in total. The summed E-state index contributed by atoms with van der Waals surface area (Å²) in [4.78, 5) is 2.47. The van der Waals surface area contributed by atoms with Gasteiger partial charge in [-0.1, -0.05) is 170 Å². The van der Waals surface area contributed by atoms with E-state index in [0.29, 0.717) is 0 Å². The van der Waals surface area contributed by atoms with Crippen LogP contribution < -0.4 is 4.90 Å². The third kappa shape index (κ3) is 6.13. The second kappa shape index (κ2) is 14.8. The fourth-order valence-electron chi connectivity index (χ4n) is 9.23. The fourth-order valence-corrected chi connectivity index (χ4v) is 11.5. The molecule has 0 aliphatic carbocycles. The van der Waals surface area contributed by atoms with E-state index < -0.39 is 0 Å². The molecule has 12 rings (SSSR count). The number of nitrogens with zero attached hydrogens (tertiary/aromatic N) is 1. The van der Waals surface area contributed by atoms with Crippen molar-refractivity contribution in [3.8, 4) is 44.5 Å². The molecule has 0 bridgehead atoms. The second-order valence-corrected chi connectivity index (χ2v) is 17.8. The Morgan fingerprint density at radius 2 is 0.754 bits per heavy atom. The molecule has 0 saturated heterocycles. The van der Waals surface area contributed by atoms with Gasteiger partial charge in [-0.3, -0.25) is 0 Å². The van der Waals surface area contributed by atoms with E-state index in [2.05, 4.69) is 229 Å². The summed E-state index contributed by atoms with van der Waals surface area (Å²) < 4.78 is 5.26. The SMILES string of the molecule is c1ccc(-c2cccc3ccccc23)c(-c2ccccc2N(c2ccc(-c3ccc4c(c3)sc3ccccc34)cc2)c2ccccc2-c2ccc3sc4ccccc4c3c2)c1. The van der Waals surface area contributed by atoms with Crippen LogP contribution in [0, 0.1) is 0 Å². The highest BCUT2D eigenvalue weighted by molar-refractivity contribution is 7.26. The number of hydrogen-bond donors (Lipinski definition) is 0. The zero-order valence-electron chi connectivity index (χ0n) is 33.1. The molecule has 61 heavy (non-hydrogen) atoms. The van der Waals surface area contributed by atoms with Crippen molar-refractivity contribution < 1.29 is 0 Å². The molecule has 286 valence electrons. The Morgan fingerprint density at radius 3 is 1.52 bits per heavy atom. The minimum Gasteiger partial charge on any atom is -0.309 e. The summed E-state index contributed by atoms with van der Waals surface area (Å²) in [6, 6.07) is 82.6. The van der Waals surface area contributed by atoms with E-state index in [-0.39, 0.29) is 0 Å². The van der Waals surface area contributed by atoms with Gasteiger partial charge >= 0.3 is 0 Å². The highest BCUT2D eigenvalue weighted by Gasteiger charge is 2.22. The molecule has 0 radical (unpaired) electrons. The van der Waals surface area contributed by atoms with Crippen LogP contribution in [-0.4, -0.2) is 0 Å². The monoisotopic (exact) mass is 811 g/mol. The van der Waals surface area contributed by atoms with Crippen molar-refractivity contribution in [1.29, 1.82) is 0 Å². The maximum absolute atomic E-state index is 2.47. The van der Waals surface area contributed by atoms with E-state index in [1.165, 1.54) is 95.6 Å². The lowest BCUT2D eigenvalue weighted by molar-refractivity contribution is 1.28. The van der Waals surface area contributed by atoms with Crippen molar-refractivity contribution >= 4 is 90.9 Å². The molecular formula is C58H37NS2. The summed E-state index contributed by atoms with van der Waals surface area (Å²) in [5, 5.41) is 7.73. The Morgan fingerprint density at radius 1 is 0.262 bits per heavy atom. The van der Waals surface area contributed by atoms with E-state index >= 15 is 0 Å². The zero-order chi connectivity index (χ0) is 40.3. The first kappa shape index (κ1) is 35.6. The van der Waals surface area contributed by atoms with E-state index in [4.69, 9.17) is 0 Å². The molecule has 0 N–H and O–H groups in total. The van der Waals surface area contributed by atoms with Crippen LogP contribution in [0.5, 0.6) is 0 Å². The molecule has 12 aromatic rings. The predicted octanol–water partition coefficient (Wildman–Crippen LogP) is 17.7. The molecule has 0 aliphatic rings. The number of fused-ring (bicyclic) bond motifs is 7. The van der Waals surface area contributed by atoms with Gasteiger partial charge in [-0.25, -0.2) is 0 Å². The van der Waals surface area contributed by atoms with Gasteiger partial charge in [0.25, 0.3) is 0 Å². The first-order valence-electron chi connectivity index (χ1n) is 20.7. The van der Waals surface area contributed by atoms with Gasteiger partial charge in [0, 0.05) is 57.2 Å². The Balaban J connectivity index is 1.05. The third-order valence-corrected chi connectivity index (χ3v) is 14.4. The molecule has 0 unspecified atom stereocenters. The summed E-state index contributed by atoms with van der Waals surface area (Å²) in [5.41, 5.74) is 12.9. The lowest BCUT2D eigenvalue weighted by Gasteiger charge is -2.30. The number of anilines is 3. The smallest absolute Gasteiger partial charge is 0.0540 e. The Bertz CT molecular complexity index is 3600. The van der Waals surface area contributed by atoms with Crippen LogP contribution in [0.1, 0.15) is 0 Å². The summed E-state index contributed by atoms with van der Waals surface area (Å²) in [7, 11) is 0. The van der Waals surface area contributed by atoms with Gasteiger partial charge in [-0.2, -0.15) is 0 Å². The van der Waals surface area contributed by atoms with Gasteiger partial charge in [-0.15, -0.1) is 22.7 Å². The van der Waals surface area contributed by atoms with E-state index in [9.17, 15) is 0 Å². The Labute approximate surface area is 362 Å². The van der Waals surface area contributed by atoms with E-state index in [1.807, 2.05) is 22.7 Å². The minimum atomic E-state index is 1.09. The molecule has 0 spiro atoms. The van der Waals surface area contributed by atoms with Crippen LogP contribution in [0.3, 0.4) is 0 Å². The second-order valence-electron chi connectivity index (χ2n) is 15.6. The number of hydrogen-bond acceptors (Lipinski definition) is 3. The highest BCUT2D eigenvalue weighted by atomic mass is 32.1. The zero-order valence-corrected chi connectivity index (χ0v) is 34.8. The summed E-state index contributed by atoms with van der Waals surface area (Å²) in [6.07, 6.45) is 0. The molecule has 10 aromatic carbocycles. The summed E-state index contributed by atoms with van der Waals surface area (Å²) in [5.74, 6) is 0. The van der Waals surface area contributed by atoms with Crippen LogP contribution in [-0.2, 0) is 0 Å². The topological polar surface area (TPSA) is 3.24 Å². The molecule has 0 amide bonds. The number of benzene rings is 10. The lowest BCUT2D eigenvalue weighted by atomic mass is 9.90. The van der Waals surface area contributed by atoms with Gasteiger partial charge in [0.1, 0.15) is 0 Å². The standard InChI is InChI=1S/C58H37NS2/c1-2-16-43-39(14-1)15-13-23-45(43)46-18-3-4-19-47(46)48-20-6-10-25-54(48)59(42-32-28-38(29-33-42)40-30-34-51-49-21-7-11-26-55(49)61-58(51)37-40)53-24-9-5-17-44(53)41-31-35-57-52(36-41)50-22-8-12-27-56(50)60-57/h1-37H.